The van der Waals surface area contributed by atoms with Crippen LogP contribution in [0.4, 0.5) is 16.2 Å². The number of methoxy groups -OCH3 is 1. The van der Waals surface area contributed by atoms with E-state index in [0.29, 0.717) is 41.4 Å². The average molecular weight is 490 g/mol. The van der Waals surface area contributed by atoms with Crippen molar-refractivity contribution in [2.24, 2.45) is 0 Å². The Labute approximate surface area is 213 Å². The second-order valence-corrected chi connectivity index (χ2v) is 9.00. The molecule has 0 aliphatic rings. The van der Waals surface area contributed by atoms with Gasteiger partial charge in [0.15, 0.2) is 0 Å². The standard InChI is InChI=1S/C29H35N3O4/c1-20(2)32(21(3)4)17-18-36-27-19-25(15-16-26(27)31-29(34)35-5)30-28(33)24-13-11-23(12-14-24)22-9-7-6-8-10-22/h6-16,19-21H,17-18H2,1-5H3,(H,30,33)(H,31,34). The van der Waals surface area contributed by atoms with Gasteiger partial charge in [0.1, 0.15) is 12.4 Å². The number of nitrogens with one attached hydrogen (secondary N) is 2. The fourth-order valence-corrected chi connectivity index (χ4v) is 4.01. The van der Waals surface area contributed by atoms with Crippen molar-refractivity contribution in [3.63, 3.8) is 0 Å². The van der Waals surface area contributed by atoms with Crippen molar-refractivity contribution in [1.29, 1.82) is 0 Å². The fraction of sp³-hybridized carbons (Fsp3) is 0.310. The number of hydrogen-bond acceptors (Lipinski definition) is 5. The molecule has 2 N–H and O–H groups in total. The smallest absolute Gasteiger partial charge is 0.411 e. The molecule has 3 rings (SSSR count). The van der Waals surface area contributed by atoms with Crippen molar-refractivity contribution >= 4 is 23.4 Å². The molecular formula is C29H35N3O4. The summed E-state index contributed by atoms with van der Waals surface area (Å²) < 4.78 is 10.8. The van der Waals surface area contributed by atoms with E-state index in [0.717, 1.165) is 17.7 Å². The zero-order valence-corrected chi connectivity index (χ0v) is 21.6. The Kier molecular flexibility index (Phi) is 9.47. The molecule has 0 unspecified atom stereocenters. The molecule has 0 bridgehead atoms. The molecule has 36 heavy (non-hydrogen) atoms. The molecule has 0 saturated carbocycles. The molecule has 3 aromatic carbocycles. The van der Waals surface area contributed by atoms with Gasteiger partial charge in [0, 0.05) is 35.9 Å². The summed E-state index contributed by atoms with van der Waals surface area (Å²) in [5, 5.41) is 5.58. The zero-order chi connectivity index (χ0) is 26.1. The number of benzene rings is 3. The zero-order valence-electron chi connectivity index (χ0n) is 21.6. The van der Waals surface area contributed by atoms with Gasteiger partial charge in [0.2, 0.25) is 0 Å². The highest BCUT2D eigenvalue weighted by Crippen LogP contribution is 2.29. The van der Waals surface area contributed by atoms with Crippen LogP contribution >= 0.6 is 0 Å². The Morgan fingerprint density at radius 2 is 1.47 bits per heavy atom. The Morgan fingerprint density at radius 1 is 0.833 bits per heavy atom. The maximum Gasteiger partial charge on any atom is 0.411 e. The number of rotatable bonds is 10. The quantitative estimate of drug-likeness (QED) is 0.350. The van der Waals surface area contributed by atoms with E-state index in [1.165, 1.54) is 7.11 Å². The number of ether oxygens (including phenoxy) is 2. The minimum absolute atomic E-state index is 0.236. The second-order valence-electron chi connectivity index (χ2n) is 9.00. The Balaban J connectivity index is 1.73. The lowest BCUT2D eigenvalue weighted by atomic mass is 10.0. The van der Waals surface area contributed by atoms with Gasteiger partial charge >= 0.3 is 6.09 Å². The number of carbonyl (C=O) groups is 2. The lowest BCUT2D eigenvalue weighted by Gasteiger charge is -2.30. The maximum atomic E-state index is 12.9. The van der Waals surface area contributed by atoms with Crippen molar-refractivity contribution in [2.75, 3.05) is 30.9 Å². The van der Waals surface area contributed by atoms with Crippen LogP contribution in [-0.4, -0.2) is 49.2 Å². The summed E-state index contributed by atoms with van der Waals surface area (Å²) in [6.45, 7) is 9.72. The van der Waals surface area contributed by atoms with Gasteiger partial charge in [0.05, 0.1) is 12.8 Å². The maximum absolute atomic E-state index is 12.9. The SMILES string of the molecule is COC(=O)Nc1ccc(NC(=O)c2ccc(-c3ccccc3)cc2)cc1OCCN(C(C)C)C(C)C. The molecule has 0 aliphatic carbocycles. The van der Waals surface area contributed by atoms with Gasteiger partial charge < -0.3 is 14.8 Å². The second kappa shape index (κ2) is 12.7. The van der Waals surface area contributed by atoms with Gasteiger partial charge in [-0.25, -0.2) is 4.79 Å². The normalized spacial score (nSPS) is 11.0. The highest BCUT2D eigenvalue weighted by atomic mass is 16.5. The molecule has 2 amide bonds. The van der Waals surface area contributed by atoms with Gasteiger partial charge in [-0.2, -0.15) is 0 Å². The van der Waals surface area contributed by atoms with E-state index in [4.69, 9.17) is 9.47 Å². The van der Waals surface area contributed by atoms with Crippen LogP contribution in [-0.2, 0) is 4.74 Å². The highest BCUT2D eigenvalue weighted by Gasteiger charge is 2.15. The summed E-state index contributed by atoms with van der Waals surface area (Å²) in [4.78, 5) is 27.0. The average Bonchev–Trinajstić information content (AvgIpc) is 2.88. The lowest BCUT2D eigenvalue weighted by molar-refractivity contribution is 0.102. The van der Waals surface area contributed by atoms with Gasteiger partial charge in [-0.3, -0.25) is 15.0 Å². The predicted molar refractivity (Wildman–Crippen MR) is 145 cm³/mol. The van der Waals surface area contributed by atoms with Crippen LogP contribution in [0.25, 0.3) is 11.1 Å². The van der Waals surface area contributed by atoms with Crippen LogP contribution in [0.3, 0.4) is 0 Å². The summed E-state index contributed by atoms with van der Waals surface area (Å²) in [6, 6.07) is 23.3. The van der Waals surface area contributed by atoms with Crippen molar-refractivity contribution in [1.82, 2.24) is 4.90 Å². The molecule has 0 heterocycles. The first-order valence-corrected chi connectivity index (χ1v) is 12.1. The topological polar surface area (TPSA) is 79.9 Å². The number of carbonyl (C=O) groups excluding carboxylic acids is 2. The van der Waals surface area contributed by atoms with Gasteiger partial charge in [0.25, 0.3) is 5.91 Å². The number of amides is 2. The molecule has 0 radical (unpaired) electrons. The largest absolute Gasteiger partial charge is 0.490 e. The van der Waals surface area contributed by atoms with Gasteiger partial charge in [-0.1, -0.05) is 42.5 Å². The van der Waals surface area contributed by atoms with Crippen LogP contribution in [0.2, 0.25) is 0 Å². The fourth-order valence-electron chi connectivity index (χ4n) is 4.01. The summed E-state index contributed by atoms with van der Waals surface area (Å²) in [5.74, 6) is 0.213. The minimum Gasteiger partial charge on any atom is -0.490 e. The number of hydrogen-bond donors (Lipinski definition) is 2. The first kappa shape index (κ1) is 26.8. The van der Waals surface area contributed by atoms with E-state index >= 15 is 0 Å². The Hall–Kier alpha value is -3.84. The molecule has 3 aromatic rings. The van der Waals surface area contributed by atoms with Crippen molar-refractivity contribution in [3.8, 4) is 16.9 Å². The summed E-state index contributed by atoms with van der Waals surface area (Å²) >= 11 is 0. The highest BCUT2D eigenvalue weighted by molar-refractivity contribution is 6.04. The van der Waals surface area contributed by atoms with E-state index < -0.39 is 6.09 Å². The molecule has 190 valence electrons. The molecular weight excluding hydrogens is 454 g/mol. The number of anilines is 2. The molecule has 0 fully saturated rings. The van der Waals surface area contributed by atoms with Gasteiger partial charge in [-0.05, 0) is 63.1 Å². The van der Waals surface area contributed by atoms with E-state index in [1.54, 1.807) is 30.3 Å². The third kappa shape index (κ3) is 7.33. The summed E-state index contributed by atoms with van der Waals surface area (Å²) in [5.41, 5.74) is 3.69. The molecule has 7 heteroatoms. The third-order valence-corrected chi connectivity index (χ3v) is 5.85. The molecule has 7 nitrogen and oxygen atoms in total. The first-order valence-electron chi connectivity index (χ1n) is 12.1. The van der Waals surface area contributed by atoms with E-state index in [-0.39, 0.29) is 5.91 Å². The van der Waals surface area contributed by atoms with Crippen molar-refractivity contribution < 1.29 is 19.1 Å². The summed E-state index contributed by atoms with van der Waals surface area (Å²) in [7, 11) is 1.30. The third-order valence-electron chi connectivity index (χ3n) is 5.85. The predicted octanol–water partition coefficient (Wildman–Crippen LogP) is 6.28. The molecule has 0 aliphatic heterocycles. The molecule has 0 spiro atoms. The minimum atomic E-state index is -0.596. The van der Waals surface area contributed by atoms with Crippen LogP contribution < -0.4 is 15.4 Å². The van der Waals surface area contributed by atoms with Crippen LogP contribution in [0.15, 0.2) is 72.8 Å². The van der Waals surface area contributed by atoms with Crippen LogP contribution in [0, 0.1) is 0 Å². The van der Waals surface area contributed by atoms with Crippen molar-refractivity contribution in [2.45, 2.75) is 39.8 Å². The Morgan fingerprint density at radius 3 is 2.08 bits per heavy atom. The van der Waals surface area contributed by atoms with Crippen molar-refractivity contribution in [3.05, 3.63) is 78.4 Å². The molecule has 0 aromatic heterocycles. The first-order chi connectivity index (χ1) is 17.3. The number of nitrogens with zero attached hydrogens (tertiary/aromatic N) is 1. The van der Waals surface area contributed by atoms with E-state index in [9.17, 15) is 9.59 Å². The van der Waals surface area contributed by atoms with E-state index in [2.05, 4.69) is 43.2 Å². The Bertz CT molecular complexity index is 1140. The molecule has 0 atom stereocenters. The molecule has 0 saturated heterocycles. The van der Waals surface area contributed by atoms with Crippen LogP contribution in [0.5, 0.6) is 5.75 Å². The monoisotopic (exact) mass is 489 g/mol. The van der Waals surface area contributed by atoms with E-state index in [1.807, 2.05) is 42.5 Å². The lowest BCUT2D eigenvalue weighted by Crippen LogP contribution is -2.39. The van der Waals surface area contributed by atoms with Gasteiger partial charge in [-0.15, -0.1) is 0 Å². The van der Waals surface area contributed by atoms with Crippen LogP contribution in [0.1, 0.15) is 38.1 Å². The summed E-state index contributed by atoms with van der Waals surface area (Å²) in [6.07, 6.45) is -0.596.